The third kappa shape index (κ3) is 5.24. The number of piperazine rings is 1. The second-order valence-electron chi connectivity index (χ2n) is 9.49. The predicted octanol–water partition coefficient (Wildman–Crippen LogP) is 0.723. The number of nitrogens with two attached hydrogens (primary N) is 1. The SMILES string of the molecule is C[C@@H]1CN(S(C)(=O)=O)C[C@H](C)N1CC1Cc2nc(-c3cnc(N)nc3)nc(N3CCOCC3)c2S1. The first-order valence-corrected chi connectivity index (χ1v) is 14.6. The summed E-state index contributed by atoms with van der Waals surface area (Å²) < 4.78 is 31.3. The van der Waals surface area contributed by atoms with Crippen LogP contribution in [0.25, 0.3) is 11.4 Å². The molecule has 190 valence electrons. The zero-order valence-corrected chi connectivity index (χ0v) is 21.9. The fourth-order valence-electron chi connectivity index (χ4n) is 5.01. The second kappa shape index (κ2) is 9.77. The van der Waals surface area contributed by atoms with Crippen LogP contribution in [0.2, 0.25) is 0 Å². The topological polar surface area (TPSA) is 131 Å². The number of morpholine rings is 1. The van der Waals surface area contributed by atoms with E-state index in [1.165, 1.54) is 6.26 Å². The highest BCUT2D eigenvalue weighted by Crippen LogP contribution is 2.43. The van der Waals surface area contributed by atoms with Crippen LogP contribution in [0.4, 0.5) is 11.8 Å². The molecule has 13 heteroatoms. The van der Waals surface area contributed by atoms with Crippen molar-refractivity contribution in [3.8, 4) is 11.4 Å². The normalized spacial score (nSPS) is 26.1. The van der Waals surface area contributed by atoms with Gasteiger partial charge in [-0.25, -0.2) is 28.4 Å². The summed E-state index contributed by atoms with van der Waals surface area (Å²) in [4.78, 5) is 23.9. The van der Waals surface area contributed by atoms with Crippen LogP contribution in [0.3, 0.4) is 0 Å². The van der Waals surface area contributed by atoms with Gasteiger partial charge in [0.1, 0.15) is 5.82 Å². The Hall–Kier alpha value is -2.06. The second-order valence-corrected chi connectivity index (χ2v) is 12.8. The molecule has 2 aromatic rings. The first kappa shape index (κ1) is 24.6. The lowest BCUT2D eigenvalue weighted by molar-refractivity contribution is 0.0781. The molecule has 0 saturated carbocycles. The molecule has 11 nitrogen and oxygen atoms in total. The van der Waals surface area contributed by atoms with Gasteiger partial charge in [-0.1, -0.05) is 0 Å². The number of fused-ring (bicyclic) bond motifs is 1. The fourth-order valence-corrected chi connectivity index (χ4v) is 7.35. The molecule has 2 N–H and O–H groups in total. The van der Waals surface area contributed by atoms with Crippen molar-refractivity contribution in [2.75, 3.05) is 62.8 Å². The van der Waals surface area contributed by atoms with Crippen molar-refractivity contribution in [1.82, 2.24) is 29.1 Å². The monoisotopic (exact) mass is 520 g/mol. The van der Waals surface area contributed by atoms with Crippen LogP contribution in [0, 0.1) is 0 Å². The molecule has 3 atom stereocenters. The van der Waals surface area contributed by atoms with Crippen molar-refractivity contribution in [3.63, 3.8) is 0 Å². The molecule has 2 saturated heterocycles. The molecule has 2 fully saturated rings. The number of nitrogen functional groups attached to an aromatic ring is 1. The van der Waals surface area contributed by atoms with E-state index in [4.69, 9.17) is 20.4 Å². The summed E-state index contributed by atoms with van der Waals surface area (Å²) >= 11 is 1.83. The van der Waals surface area contributed by atoms with Crippen LogP contribution in [0.5, 0.6) is 0 Å². The smallest absolute Gasteiger partial charge is 0.219 e. The van der Waals surface area contributed by atoms with E-state index in [2.05, 4.69) is 33.6 Å². The third-order valence-electron chi connectivity index (χ3n) is 6.82. The molecule has 0 amide bonds. The van der Waals surface area contributed by atoms with Crippen molar-refractivity contribution >= 4 is 33.6 Å². The standard InChI is InChI=1S/C22H32N8O3S2/c1-14-11-29(35(3,31)32)12-15(2)30(14)13-17-8-18-19(34-17)21(28-4-6-33-7-5-28)27-20(26-18)16-9-24-22(23)25-10-16/h9-10,14-15,17H,4-8,11-13H2,1-3H3,(H2,23,24,25)/t14-,15+,17?. The quantitative estimate of drug-likeness (QED) is 0.598. The lowest BCUT2D eigenvalue weighted by Gasteiger charge is -2.44. The molecule has 0 bridgehead atoms. The lowest BCUT2D eigenvalue weighted by Crippen LogP contribution is -2.58. The van der Waals surface area contributed by atoms with Gasteiger partial charge in [-0.15, -0.1) is 11.8 Å². The Bertz CT molecular complexity index is 1160. The zero-order valence-electron chi connectivity index (χ0n) is 20.3. The minimum absolute atomic E-state index is 0.144. The molecule has 1 unspecified atom stereocenters. The number of aromatic nitrogens is 4. The Morgan fingerprint density at radius 3 is 2.40 bits per heavy atom. The van der Waals surface area contributed by atoms with Gasteiger partial charge in [0.05, 0.1) is 35.6 Å². The number of hydrogen-bond acceptors (Lipinski definition) is 11. The molecule has 5 rings (SSSR count). The maximum absolute atomic E-state index is 12.1. The first-order valence-electron chi connectivity index (χ1n) is 11.9. The van der Waals surface area contributed by atoms with Crippen LogP contribution in [0.15, 0.2) is 17.3 Å². The number of hydrogen-bond donors (Lipinski definition) is 1. The van der Waals surface area contributed by atoms with E-state index >= 15 is 0 Å². The molecule has 5 heterocycles. The van der Waals surface area contributed by atoms with Gasteiger partial charge < -0.3 is 15.4 Å². The van der Waals surface area contributed by atoms with E-state index < -0.39 is 10.0 Å². The number of sulfonamides is 1. The zero-order chi connectivity index (χ0) is 24.7. The number of nitrogens with zero attached hydrogens (tertiary/aromatic N) is 7. The average molecular weight is 521 g/mol. The van der Waals surface area contributed by atoms with Gasteiger partial charge in [0.2, 0.25) is 16.0 Å². The molecule has 0 radical (unpaired) electrons. The van der Waals surface area contributed by atoms with Crippen LogP contribution >= 0.6 is 11.8 Å². The van der Waals surface area contributed by atoms with Gasteiger partial charge in [-0.05, 0) is 13.8 Å². The highest BCUT2D eigenvalue weighted by Gasteiger charge is 2.37. The number of rotatable bonds is 5. The Morgan fingerprint density at radius 1 is 1.11 bits per heavy atom. The van der Waals surface area contributed by atoms with Crippen LogP contribution in [-0.2, 0) is 21.2 Å². The van der Waals surface area contributed by atoms with Crippen molar-refractivity contribution in [3.05, 3.63) is 18.1 Å². The molecule has 0 aromatic carbocycles. The van der Waals surface area contributed by atoms with Crippen molar-refractivity contribution in [1.29, 1.82) is 0 Å². The summed E-state index contributed by atoms with van der Waals surface area (Å²) in [5.74, 6) is 1.77. The largest absolute Gasteiger partial charge is 0.378 e. The molecular weight excluding hydrogens is 488 g/mol. The Morgan fingerprint density at radius 2 is 1.77 bits per heavy atom. The van der Waals surface area contributed by atoms with Crippen molar-refractivity contribution in [2.45, 2.75) is 42.5 Å². The van der Waals surface area contributed by atoms with Gasteiger partial charge >= 0.3 is 0 Å². The van der Waals surface area contributed by atoms with Gasteiger partial charge in [0, 0.05) is 68.9 Å². The van der Waals surface area contributed by atoms with E-state index in [1.807, 2.05) is 11.8 Å². The summed E-state index contributed by atoms with van der Waals surface area (Å²) in [6.07, 6.45) is 5.45. The van der Waals surface area contributed by atoms with E-state index in [9.17, 15) is 8.42 Å². The predicted molar refractivity (Wildman–Crippen MR) is 136 cm³/mol. The highest BCUT2D eigenvalue weighted by molar-refractivity contribution is 8.00. The van der Waals surface area contributed by atoms with Gasteiger partial charge in [0.25, 0.3) is 0 Å². The first-order chi connectivity index (χ1) is 16.7. The summed E-state index contributed by atoms with van der Waals surface area (Å²) in [5.41, 5.74) is 7.45. The molecular formula is C22H32N8O3S2. The molecule has 0 spiro atoms. The summed E-state index contributed by atoms with van der Waals surface area (Å²) in [7, 11) is -3.19. The average Bonchev–Trinajstić information content (AvgIpc) is 3.23. The van der Waals surface area contributed by atoms with Crippen LogP contribution < -0.4 is 10.6 Å². The van der Waals surface area contributed by atoms with Crippen LogP contribution in [-0.4, -0.2) is 107 Å². The molecule has 0 aliphatic carbocycles. The summed E-state index contributed by atoms with van der Waals surface area (Å²) in [6, 6.07) is 0.287. The Labute approximate surface area is 210 Å². The van der Waals surface area contributed by atoms with Gasteiger partial charge in [-0.2, -0.15) is 4.31 Å². The third-order valence-corrected chi connectivity index (χ3v) is 9.35. The minimum atomic E-state index is -3.19. The molecule has 2 aromatic heterocycles. The maximum Gasteiger partial charge on any atom is 0.219 e. The molecule has 35 heavy (non-hydrogen) atoms. The molecule has 3 aliphatic rings. The number of anilines is 2. The van der Waals surface area contributed by atoms with Crippen LogP contribution in [0.1, 0.15) is 19.5 Å². The minimum Gasteiger partial charge on any atom is -0.378 e. The highest BCUT2D eigenvalue weighted by atomic mass is 32.2. The number of ether oxygens (including phenoxy) is 1. The lowest BCUT2D eigenvalue weighted by atomic mass is 10.1. The Balaban J connectivity index is 1.39. The summed E-state index contributed by atoms with van der Waals surface area (Å²) in [5, 5.41) is 0.312. The van der Waals surface area contributed by atoms with E-state index in [-0.39, 0.29) is 18.0 Å². The maximum atomic E-state index is 12.1. The van der Waals surface area contributed by atoms with Gasteiger partial charge in [-0.3, -0.25) is 4.90 Å². The van der Waals surface area contributed by atoms with Crippen molar-refractivity contribution in [2.24, 2.45) is 0 Å². The summed E-state index contributed by atoms with van der Waals surface area (Å²) in [6.45, 7) is 9.05. The Kier molecular flexibility index (Phi) is 6.87. The van der Waals surface area contributed by atoms with E-state index in [1.54, 1.807) is 16.7 Å². The van der Waals surface area contributed by atoms with Crippen molar-refractivity contribution < 1.29 is 13.2 Å². The van der Waals surface area contributed by atoms with E-state index in [0.717, 1.165) is 48.0 Å². The fraction of sp³-hybridized carbons (Fsp3) is 0.636. The van der Waals surface area contributed by atoms with Gasteiger partial charge in [0.15, 0.2) is 5.82 Å². The van der Waals surface area contributed by atoms with E-state index in [0.29, 0.717) is 37.4 Å². The number of thioether (sulfide) groups is 1. The molecule has 3 aliphatic heterocycles.